The minimum absolute atomic E-state index is 0.0274. The van der Waals surface area contributed by atoms with E-state index in [0.717, 1.165) is 19.3 Å². The van der Waals surface area contributed by atoms with Gasteiger partial charge in [-0.25, -0.2) is 0 Å². The van der Waals surface area contributed by atoms with E-state index in [1.54, 1.807) is 18.2 Å². The Morgan fingerprint density at radius 2 is 2.15 bits per heavy atom. The van der Waals surface area contributed by atoms with Gasteiger partial charge in [0.25, 0.3) is 0 Å². The van der Waals surface area contributed by atoms with Crippen molar-refractivity contribution in [2.24, 2.45) is 5.92 Å². The van der Waals surface area contributed by atoms with Crippen LogP contribution >= 0.6 is 23.2 Å². The van der Waals surface area contributed by atoms with Crippen LogP contribution in [0.25, 0.3) is 0 Å². The minimum atomic E-state index is 0.0274. The van der Waals surface area contributed by atoms with Crippen LogP contribution in [0.3, 0.4) is 0 Å². The average molecular weight is 312 g/mol. The molecule has 1 unspecified atom stereocenters. The van der Waals surface area contributed by atoms with Crippen LogP contribution in [0, 0.1) is 5.92 Å². The van der Waals surface area contributed by atoms with Crippen LogP contribution in [0.1, 0.15) is 38.5 Å². The molecule has 1 aromatic carbocycles. The van der Waals surface area contributed by atoms with E-state index in [1.165, 1.54) is 18.4 Å². The first-order chi connectivity index (χ1) is 9.54. The molecule has 0 spiro atoms. The van der Waals surface area contributed by atoms with Gasteiger partial charge < -0.3 is 5.32 Å². The predicted octanol–water partition coefficient (Wildman–Crippen LogP) is 5.46. The Morgan fingerprint density at radius 3 is 2.85 bits per heavy atom. The Labute approximate surface area is 130 Å². The first-order valence-corrected chi connectivity index (χ1v) is 7.72. The van der Waals surface area contributed by atoms with Gasteiger partial charge in [-0.1, -0.05) is 35.4 Å². The van der Waals surface area contributed by atoms with E-state index in [9.17, 15) is 4.79 Å². The van der Waals surface area contributed by atoms with E-state index in [2.05, 4.69) is 11.9 Å². The Morgan fingerprint density at radius 1 is 1.35 bits per heavy atom. The van der Waals surface area contributed by atoms with Gasteiger partial charge in [-0.3, -0.25) is 4.79 Å². The maximum Gasteiger partial charge on any atom is 0.224 e. The summed E-state index contributed by atoms with van der Waals surface area (Å²) in [6, 6.07) is 5.11. The molecule has 1 aliphatic carbocycles. The normalized spacial score (nSPS) is 18.9. The molecule has 1 atom stereocenters. The lowest BCUT2D eigenvalue weighted by atomic mass is 9.83. The summed E-state index contributed by atoms with van der Waals surface area (Å²) in [7, 11) is 0. The van der Waals surface area contributed by atoms with Gasteiger partial charge in [0.2, 0.25) is 5.91 Å². The molecule has 2 rings (SSSR count). The molecule has 1 fully saturated rings. The van der Waals surface area contributed by atoms with E-state index in [0.29, 0.717) is 28.1 Å². The monoisotopic (exact) mass is 311 g/mol. The lowest BCUT2D eigenvalue weighted by Crippen LogP contribution is -2.15. The summed E-state index contributed by atoms with van der Waals surface area (Å²) in [6.07, 6.45) is 6.09. The number of halogens is 2. The molecular formula is C16H19Cl2NO. The zero-order valence-electron chi connectivity index (χ0n) is 11.4. The molecule has 1 aromatic rings. The van der Waals surface area contributed by atoms with Crippen molar-refractivity contribution in [3.63, 3.8) is 0 Å². The number of amides is 1. The predicted molar refractivity (Wildman–Crippen MR) is 85.4 cm³/mol. The SMILES string of the molecule is C=C1CCCC(CCC(=O)Nc2ccc(Cl)c(Cl)c2)C1. The van der Waals surface area contributed by atoms with Gasteiger partial charge in [0, 0.05) is 12.1 Å². The number of carbonyl (C=O) groups excluding carboxylic acids is 1. The molecule has 0 heterocycles. The van der Waals surface area contributed by atoms with Gasteiger partial charge in [0.15, 0.2) is 0 Å². The fraction of sp³-hybridized carbons (Fsp3) is 0.438. The maximum absolute atomic E-state index is 11.9. The number of benzene rings is 1. The first-order valence-electron chi connectivity index (χ1n) is 6.96. The van der Waals surface area contributed by atoms with Crippen molar-refractivity contribution in [1.82, 2.24) is 0 Å². The molecule has 0 aromatic heterocycles. The third-order valence-corrected chi connectivity index (χ3v) is 4.44. The Hall–Kier alpha value is -0.990. The Bertz CT molecular complexity index is 513. The molecule has 2 nitrogen and oxygen atoms in total. The van der Waals surface area contributed by atoms with Crippen LogP contribution < -0.4 is 5.32 Å². The number of rotatable bonds is 4. The second-order valence-corrected chi connectivity index (χ2v) is 6.24. The van der Waals surface area contributed by atoms with Crippen LogP contribution in [-0.4, -0.2) is 5.91 Å². The van der Waals surface area contributed by atoms with Gasteiger partial charge in [-0.15, -0.1) is 0 Å². The first kappa shape index (κ1) is 15.4. The van der Waals surface area contributed by atoms with Gasteiger partial charge in [0.1, 0.15) is 0 Å². The standard InChI is InChI=1S/C16H19Cl2NO/c1-11-3-2-4-12(9-11)5-8-16(20)19-13-6-7-14(17)15(18)10-13/h6-7,10,12H,1-5,8-9H2,(H,19,20). The molecule has 0 aliphatic heterocycles. The molecule has 108 valence electrons. The van der Waals surface area contributed by atoms with Gasteiger partial charge >= 0.3 is 0 Å². The molecule has 0 saturated heterocycles. The zero-order valence-corrected chi connectivity index (χ0v) is 12.9. The Balaban J connectivity index is 1.80. The molecular weight excluding hydrogens is 293 g/mol. The fourth-order valence-corrected chi connectivity index (χ4v) is 2.93. The summed E-state index contributed by atoms with van der Waals surface area (Å²) in [4.78, 5) is 11.9. The van der Waals surface area contributed by atoms with Crippen molar-refractivity contribution in [1.29, 1.82) is 0 Å². The average Bonchev–Trinajstić information content (AvgIpc) is 2.41. The van der Waals surface area contributed by atoms with Crippen molar-refractivity contribution in [3.8, 4) is 0 Å². The fourth-order valence-electron chi connectivity index (χ4n) is 2.63. The van der Waals surface area contributed by atoms with Crippen molar-refractivity contribution in [2.75, 3.05) is 5.32 Å². The molecule has 0 radical (unpaired) electrons. The number of nitrogens with one attached hydrogen (secondary N) is 1. The maximum atomic E-state index is 11.9. The lowest BCUT2D eigenvalue weighted by Gasteiger charge is -2.23. The molecule has 1 aliphatic rings. The molecule has 4 heteroatoms. The van der Waals surface area contributed by atoms with E-state index in [-0.39, 0.29) is 5.91 Å². The summed E-state index contributed by atoms with van der Waals surface area (Å²) in [6.45, 7) is 4.05. The highest BCUT2D eigenvalue weighted by Crippen LogP contribution is 2.30. The van der Waals surface area contributed by atoms with Crippen LogP contribution in [0.4, 0.5) is 5.69 Å². The third kappa shape index (κ3) is 4.53. The molecule has 0 bridgehead atoms. The van der Waals surface area contributed by atoms with Gasteiger partial charge in [-0.2, -0.15) is 0 Å². The summed E-state index contributed by atoms with van der Waals surface area (Å²) in [5.41, 5.74) is 2.02. The van der Waals surface area contributed by atoms with Crippen LogP contribution in [0.15, 0.2) is 30.4 Å². The van der Waals surface area contributed by atoms with Crippen molar-refractivity contribution >= 4 is 34.8 Å². The molecule has 1 amide bonds. The summed E-state index contributed by atoms with van der Waals surface area (Å²) in [5.74, 6) is 0.635. The van der Waals surface area contributed by atoms with Crippen molar-refractivity contribution in [3.05, 3.63) is 40.4 Å². The topological polar surface area (TPSA) is 29.1 Å². The van der Waals surface area contributed by atoms with E-state index >= 15 is 0 Å². The number of anilines is 1. The number of hydrogen-bond donors (Lipinski definition) is 1. The van der Waals surface area contributed by atoms with E-state index in [4.69, 9.17) is 23.2 Å². The van der Waals surface area contributed by atoms with Gasteiger partial charge in [-0.05, 0) is 56.2 Å². The van der Waals surface area contributed by atoms with Crippen LogP contribution in [0.5, 0.6) is 0 Å². The number of hydrogen-bond acceptors (Lipinski definition) is 1. The second-order valence-electron chi connectivity index (χ2n) is 5.43. The Kier molecular flexibility index (Phi) is 5.50. The smallest absolute Gasteiger partial charge is 0.224 e. The quantitative estimate of drug-likeness (QED) is 0.735. The van der Waals surface area contributed by atoms with Crippen molar-refractivity contribution in [2.45, 2.75) is 38.5 Å². The molecule has 1 saturated carbocycles. The second kappa shape index (κ2) is 7.14. The summed E-state index contributed by atoms with van der Waals surface area (Å²) >= 11 is 11.8. The van der Waals surface area contributed by atoms with E-state index in [1.807, 2.05) is 0 Å². The summed E-state index contributed by atoms with van der Waals surface area (Å²) in [5, 5.41) is 3.80. The number of allylic oxidation sites excluding steroid dienone is 1. The third-order valence-electron chi connectivity index (χ3n) is 3.70. The van der Waals surface area contributed by atoms with Gasteiger partial charge in [0.05, 0.1) is 10.0 Å². The molecule has 1 N–H and O–H groups in total. The minimum Gasteiger partial charge on any atom is -0.326 e. The highest BCUT2D eigenvalue weighted by molar-refractivity contribution is 6.42. The summed E-state index contributed by atoms with van der Waals surface area (Å²) < 4.78 is 0. The molecule has 20 heavy (non-hydrogen) atoms. The van der Waals surface area contributed by atoms with Crippen LogP contribution in [-0.2, 0) is 4.79 Å². The largest absolute Gasteiger partial charge is 0.326 e. The zero-order chi connectivity index (χ0) is 14.5. The number of carbonyl (C=O) groups is 1. The highest BCUT2D eigenvalue weighted by atomic mass is 35.5. The highest BCUT2D eigenvalue weighted by Gasteiger charge is 2.17. The van der Waals surface area contributed by atoms with E-state index < -0.39 is 0 Å². The van der Waals surface area contributed by atoms with Crippen molar-refractivity contribution < 1.29 is 4.79 Å². The lowest BCUT2D eigenvalue weighted by molar-refractivity contribution is -0.116. The van der Waals surface area contributed by atoms with Crippen LogP contribution in [0.2, 0.25) is 10.0 Å².